The number of carbonyl (C=O) groups excluding carboxylic acids is 3. The molecule has 2 fully saturated rings. The van der Waals surface area contributed by atoms with Gasteiger partial charge in [0.05, 0.1) is 17.5 Å². The molecule has 1 aromatic heterocycles. The molecule has 0 radical (unpaired) electrons. The van der Waals surface area contributed by atoms with Crippen molar-refractivity contribution in [2.75, 3.05) is 18.2 Å². The maximum atomic E-state index is 13.5. The van der Waals surface area contributed by atoms with Gasteiger partial charge >= 0.3 is 18.1 Å². The van der Waals surface area contributed by atoms with Crippen molar-refractivity contribution in [3.05, 3.63) is 6.20 Å². The average Bonchev–Trinajstić information content (AvgIpc) is 3.29. The SMILES string of the molecule is COC(=O)[C@@H](CSc1cnc(NC(=O)N(C2CCCCC2)C2CCC(C)CC2)s1)NC(=O)OC(C)(C)C. The van der Waals surface area contributed by atoms with E-state index in [4.69, 9.17) is 9.47 Å². The molecule has 0 spiro atoms. The number of esters is 1. The predicted octanol–water partition coefficient (Wildman–Crippen LogP) is 6.05. The lowest BCUT2D eigenvalue weighted by molar-refractivity contribution is -0.142. The summed E-state index contributed by atoms with van der Waals surface area (Å²) in [7, 11) is 1.28. The summed E-state index contributed by atoms with van der Waals surface area (Å²) in [5.74, 6) is 0.418. The number of alkyl carbamates (subject to hydrolysis) is 1. The lowest BCUT2D eigenvalue weighted by Gasteiger charge is -2.42. The standard InChI is InChI=1S/C26H42N4O5S2/c1-17-11-13-19(14-12-17)30(18-9-7-6-8-10-18)24(32)29-23-27-15-21(37-23)36-16-20(22(31)34-5)28-25(33)35-26(2,3)4/h15,17-20H,6-14,16H2,1-5H3,(H,28,33)(H,27,29,32)/t17?,19?,20-/m1/s1. The zero-order chi connectivity index (χ0) is 27.0. The van der Waals surface area contributed by atoms with Gasteiger partial charge in [0.1, 0.15) is 11.6 Å². The number of thioether (sulfide) groups is 1. The van der Waals surface area contributed by atoms with Crippen LogP contribution < -0.4 is 10.6 Å². The third-order valence-electron chi connectivity index (χ3n) is 6.85. The van der Waals surface area contributed by atoms with Crippen molar-refractivity contribution in [2.24, 2.45) is 5.92 Å². The Bertz CT molecular complexity index is 905. The number of thiazole rings is 1. The highest BCUT2D eigenvalue weighted by Gasteiger charge is 2.34. The third-order valence-corrected chi connectivity index (χ3v) is 9.05. The van der Waals surface area contributed by atoms with Crippen LogP contribution in [0.25, 0.3) is 0 Å². The van der Waals surface area contributed by atoms with Crippen LogP contribution in [0.15, 0.2) is 10.4 Å². The molecule has 0 aliphatic heterocycles. The number of methoxy groups -OCH3 is 1. The summed E-state index contributed by atoms with van der Waals surface area (Å²) in [6.45, 7) is 7.56. The van der Waals surface area contributed by atoms with E-state index in [1.165, 1.54) is 49.5 Å². The Morgan fingerprint density at radius 2 is 1.76 bits per heavy atom. The minimum Gasteiger partial charge on any atom is -0.467 e. The summed E-state index contributed by atoms with van der Waals surface area (Å²) in [6.07, 6.45) is 11.2. The van der Waals surface area contributed by atoms with Gasteiger partial charge in [-0.1, -0.05) is 37.5 Å². The molecule has 0 unspecified atom stereocenters. The highest BCUT2D eigenvalue weighted by atomic mass is 32.2. The Labute approximate surface area is 228 Å². The van der Waals surface area contributed by atoms with Crippen LogP contribution in [0.4, 0.5) is 14.7 Å². The molecule has 1 aromatic rings. The molecule has 3 amide bonds. The number of nitrogens with one attached hydrogen (secondary N) is 2. The second-order valence-electron chi connectivity index (χ2n) is 11.1. The minimum absolute atomic E-state index is 0.0589. The Kier molecular flexibility index (Phi) is 10.9. The summed E-state index contributed by atoms with van der Waals surface area (Å²) in [5.41, 5.74) is -0.677. The summed E-state index contributed by atoms with van der Waals surface area (Å²) in [6, 6.07) is -0.356. The Morgan fingerprint density at radius 1 is 1.11 bits per heavy atom. The maximum absolute atomic E-state index is 13.5. The van der Waals surface area contributed by atoms with Gasteiger partial charge in [-0.05, 0) is 65.2 Å². The number of amides is 3. The van der Waals surface area contributed by atoms with Gasteiger partial charge < -0.3 is 19.7 Å². The van der Waals surface area contributed by atoms with Crippen molar-refractivity contribution in [1.82, 2.24) is 15.2 Å². The van der Waals surface area contributed by atoms with Crippen molar-refractivity contribution in [2.45, 2.75) is 113 Å². The van der Waals surface area contributed by atoms with E-state index in [9.17, 15) is 14.4 Å². The van der Waals surface area contributed by atoms with E-state index < -0.39 is 23.7 Å². The number of aromatic nitrogens is 1. The first-order valence-electron chi connectivity index (χ1n) is 13.3. The number of nitrogens with zero attached hydrogens (tertiary/aromatic N) is 2. The smallest absolute Gasteiger partial charge is 0.408 e. The zero-order valence-electron chi connectivity index (χ0n) is 22.7. The van der Waals surface area contributed by atoms with Gasteiger partial charge in [0.2, 0.25) is 0 Å². The van der Waals surface area contributed by atoms with Crippen LogP contribution in [-0.2, 0) is 14.3 Å². The van der Waals surface area contributed by atoms with Crippen molar-refractivity contribution in [3.63, 3.8) is 0 Å². The molecule has 2 saturated carbocycles. The molecule has 2 aliphatic rings. The van der Waals surface area contributed by atoms with E-state index >= 15 is 0 Å². The van der Waals surface area contributed by atoms with Crippen molar-refractivity contribution in [3.8, 4) is 0 Å². The summed E-state index contributed by atoms with van der Waals surface area (Å²) >= 11 is 2.72. The van der Waals surface area contributed by atoms with Crippen LogP contribution in [0.1, 0.15) is 85.5 Å². The predicted molar refractivity (Wildman–Crippen MR) is 147 cm³/mol. The van der Waals surface area contributed by atoms with E-state index in [1.807, 2.05) is 0 Å². The van der Waals surface area contributed by atoms with Gasteiger partial charge in [-0.15, -0.1) is 11.8 Å². The molecule has 208 valence electrons. The molecule has 0 aromatic carbocycles. The normalized spacial score (nSPS) is 21.5. The van der Waals surface area contributed by atoms with Crippen LogP contribution >= 0.6 is 23.1 Å². The van der Waals surface area contributed by atoms with Gasteiger partial charge in [-0.2, -0.15) is 0 Å². The van der Waals surface area contributed by atoms with E-state index in [0.29, 0.717) is 11.2 Å². The molecular formula is C26H42N4O5S2. The first kappa shape index (κ1) is 29.5. The molecule has 1 atom stereocenters. The first-order chi connectivity index (χ1) is 17.6. The number of rotatable bonds is 8. The molecule has 2 aliphatic carbocycles. The summed E-state index contributed by atoms with van der Waals surface area (Å²) in [5, 5.41) is 6.16. The van der Waals surface area contributed by atoms with Gasteiger partial charge in [0.25, 0.3) is 0 Å². The second-order valence-corrected chi connectivity index (χ2v) is 13.4. The van der Waals surface area contributed by atoms with E-state index in [0.717, 1.165) is 48.7 Å². The van der Waals surface area contributed by atoms with Crippen molar-refractivity contribution in [1.29, 1.82) is 0 Å². The van der Waals surface area contributed by atoms with Crippen LogP contribution in [0, 0.1) is 5.92 Å². The number of carbonyl (C=O) groups is 3. The van der Waals surface area contributed by atoms with Crippen LogP contribution in [-0.4, -0.2) is 64.6 Å². The molecule has 9 nitrogen and oxygen atoms in total. The van der Waals surface area contributed by atoms with Crippen molar-refractivity contribution >= 4 is 46.3 Å². The molecule has 2 N–H and O–H groups in total. The largest absolute Gasteiger partial charge is 0.467 e. The fourth-order valence-electron chi connectivity index (χ4n) is 4.98. The molecule has 0 saturated heterocycles. The average molecular weight is 555 g/mol. The lowest BCUT2D eigenvalue weighted by Crippen LogP contribution is -2.51. The van der Waals surface area contributed by atoms with Crippen molar-refractivity contribution < 1.29 is 23.9 Å². The van der Waals surface area contributed by atoms with Gasteiger partial charge in [-0.25, -0.2) is 19.4 Å². The summed E-state index contributed by atoms with van der Waals surface area (Å²) in [4.78, 5) is 44.4. The topological polar surface area (TPSA) is 110 Å². The second kappa shape index (κ2) is 13.7. The van der Waals surface area contributed by atoms with E-state index in [2.05, 4.69) is 27.4 Å². The first-order valence-corrected chi connectivity index (χ1v) is 15.1. The number of hydrogen-bond donors (Lipinski definition) is 2. The van der Waals surface area contributed by atoms with Crippen LogP contribution in [0.5, 0.6) is 0 Å². The highest BCUT2D eigenvalue weighted by Crippen LogP contribution is 2.34. The maximum Gasteiger partial charge on any atom is 0.408 e. The number of ether oxygens (including phenoxy) is 2. The van der Waals surface area contributed by atoms with E-state index in [-0.39, 0.29) is 17.8 Å². The zero-order valence-corrected chi connectivity index (χ0v) is 24.3. The molecule has 0 bridgehead atoms. The Morgan fingerprint density at radius 3 is 2.38 bits per heavy atom. The van der Waals surface area contributed by atoms with Gasteiger partial charge in [0.15, 0.2) is 5.13 Å². The third kappa shape index (κ3) is 9.35. The highest BCUT2D eigenvalue weighted by molar-refractivity contribution is 8.01. The number of hydrogen-bond acceptors (Lipinski definition) is 8. The number of urea groups is 1. The molecule has 3 rings (SSSR count). The van der Waals surface area contributed by atoms with E-state index in [1.54, 1.807) is 27.0 Å². The quantitative estimate of drug-likeness (QED) is 0.297. The fourth-order valence-corrected chi connectivity index (χ4v) is 6.87. The molecule has 11 heteroatoms. The molecule has 1 heterocycles. The van der Waals surface area contributed by atoms with Gasteiger partial charge in [-0.3, -0.25) is 5.32 Å². The van der Waals surface area contributed by atoms with Crippen LogP contribution in [0.2, 0.25) is 0 Å². The van der Waals surface area contributed by atoms with Crippen LogP contribution in [0.3, 0.4) is 0 Å². The Balaban J connectivity index is 1.60. The molecular weight excluding hydrogens is 512 g/mol. The lowest BCUT2D eigenvalue weighted by atomic mass is 9.84. The fraction of sp³-hybridized carbons (Fsp3) is 0.769. The number of anilines is 1. The van der Waals surface area contributed by atoms with Gasteiger partial charge in [0, 0.05) is 17.8 Å². The minimum atomic E-state index is -0.875. The summed E-state index contributed by atoms with van der Waals surface area (Å²) < 4.78 is 10.9. The monoisotopic (exact) mass is 554 g/mol. The molecule has 37 heavy (non-hydrogen) atoms. The Hall–Kier alpha value is -2.01.